The van der Waals surface area contributed by atoms with Crippen LogP contribution in [0.1, 0.15) is 11.3 Å². The molecule has 88 valence electrons. The minimum atomic E-state index is -0.559. The third-order valence-electron chi connectivity index (χ3n) is 2.50. The molecule has 0 bridgehead atoms. The van der Waals surface area contributed by atoms with Crippen molar-refractivity contribution in [2.75, 3.05) is 0 Å². The molecule has 0 aliphatic rings. The molecule has 5 nitrogen and oxygen atoms in total. The van der Waals surface area contributed by atoms with Gasteiger partial charge in [0.15, 0.2) is 0 Å². The highest BCUT2D eigenvalue weighted by atomic mass is 16.3. The number of aromatic hydroxyl groups is 1. The van der Waals surface area contributed by atoms with Crippen molar-refractivity contribution in [1.82, 2.24) is 9.55 Å². The molecule has 0 atom stereocenters. The molecule has 0 spiro atoms. The number of nitrogens with one attached hydrogen (secondary N) is 1. The Labute approximate surface area is 97.0 Å². The number of H-pyrrole nitrogens is 1. The zero-order valence-corrected chi connectivity index (χ0v) is 9.52. The maximum absolute atomic E-state index is 11.7. The second-order valence-electron chi connectivity index (χ2n) is 3.91. The Kier molecular flexibility index (Phi) is 2.59. The molecular weight excluding hydrogens is 220 g/mol. The molecule has 5 heteroatoms. The Morgan fingerprint density at radius 2 is 1.88 bits per heavy atom. The van der Waals surface area contributed by atoms with Gasteiger partial charge >= 0.3 is 5.69 Å². The molecule has 1 heterocycles. The van der Waals surface area contributed by atoms with Gasteiger partial charge in [-0.15, -0.1) is 0 Å². The first-order chi connectivity index (χ1) is 7.99. The molecule has 17 heavy (non-hydrogen) atoms. The van der Waals surface area contributed by atoms with Gasteiger partial charge in [0, 0.05) is 11.8 Å². The molecule has 1 aromatic heterocycles. The molecule has 2 aromatic rings. The number of rotatable bonds is 1. The van der Waals surface area contributed by atoms with E-state index in [1.165, 1.54) is 16.7 Å². The van der Waals surface area contributed by atoms with E-state index in [1.807, 2.05) is 6.92 Å². The fourth-order valence-electron chi connectivity index (χ4n) is 1.72. The number of aryl methyl sites for hydroxylation is 2. The maximum atomic E-state index is 11.7. The smallest absolute Gasteiger partial charge is 0.333 e. The van der Waals surface area contributed by atoms with Crippen molar-refractivity contribution in [3.63, 3.8) is 0 Å². The number of aromatic amines is 1. The molecule has 0 amide bonds. The lowest BCUT2D eigenvalue weighted by Crippen LogP contribution is -2.30. The van der Waals surface area contributed by atoms with Gasteiger partial charge in [-0.05, 0) is 31.5 Å². The van der Waals surface area contributed by atoms with Crippen LogP contribution in [0, 0.1) is 13.8 Å². The highest BCUT2D eigenvalue weighted by molar-refractivity contribution is 5.48. The average Bonchev–Trinajstić information content (AvgIpc) is 2.21. The van der Waals surface area contributed by atoms with Crippen molar-refractivity contribution in [2.45, 2.75) is 13.8 Å². The summed E-state index contributed by atoms with van der Waals surface area (Å²) in [6.45, 7) is 3.49. The third-order valence-corrected chi connectivity index (χ3v) is 2.50. The summed E-state index contributed by atoms with van der Waals surface area (Å²) >= 11 is 0. The lowest BCUT2D eigenvalue weighted by molar-refractivity contribution is 0.470. The van der Waals surface area contributed by atoms with Gasteiger partial charge in [-0.3, -0.25) is 14.3 Å². The highest BCUT2D eigenvalue weighted by Gasteiger charge is 2.09. The molecule has 0 saturated carbocycles. The van der Waals surface area contributed by atoms with E-state index < -0.39 is 11.2 Å². The summed E-state index contributed by atoms with van der Waals surface area (Å²) in [5, 5.41) is 9.75. The van der Waals surface area contributed by atoms with Crippen molar-refractivity contribution in [3.05, 3.63) is 56.4 Å². The Balaban J connectivity index is 2.81. The van der Waals surface area contributed by atoms with Crippen molar-refractivity contribution in [1.29, 1.82) is 0 Å². The van der Waals surface area contributed by atoms with Gasteiger partial charge in [0.25, 0.3) is 5.56 Å². The summed E-state index contributed by atoms with van der Waals surface area (Å²) < 4.78 is 1.27. The van der Waals surface area contributed by atoms with E-state index in [0.29, 0.717) is 11.4 Å². The normalized spacial score (nSPS) is 10.5. The first kappa shape index (κ1) is 11.2. The largest absolute Gasteiger partial charge is 0.506 e. The molecular formula is C12H12N2O3. The number of phenols is 1. The molecule has 0 aliphatic heterocycles. The van der Waals surface area contributed by atoms with Gasteiger partial charge < -0.3 is 5.11 Å². The van der Waals surface area contributed by atoms with E-state index in [2.05, 4.69) is 4.98 Å². The number of nitrogens with zero attached hydrogens (tertiary/aromatic N) is 1. The average molecular weight is 232 g/mol. The summed E-state index contributed by atoms with van der Waals surface area (Å²) in [5.41, 5.74) is 0.741. The highest BCUT2D eigenvalue weighted by Crippen LogP contribution is 2.21. The SMILES string of the molecule is Cc1ccc(O)c(-n2c(C)cc(=O)[nH]c2=O)c1. The number of hydrogen-bond donors (Lipinski definition) is 2. The van der Waals surface area contributed by atoms with E-state index in [9.17, 15) is 14.7 Å². The van der Waals surface area contributed by atoms with Gasteiger partial charge in [0.1, 0.15) is 5.75 Å². The predicted molar refractivity (Wildman–Crippen MR) is 63.8 cm³/mol. The Hall–Kier alpha value is -2.30. The first-order valence-corrected chi connectivity index (χ1v) is 5.12. The van der Waals surface area contributed by atoms with Crippen LogP contribution in [0.2, 0.25) is 0 Å². The quantitative estimate of drug-likeness (QED) is 0.765. The van der Waals surface area contributed by atoms with E-state index >= 15 is 0 Å². The van der Waals surface area contributed by atoms with Crippen LogP contribution in [0.3, 0.4) is 0 Å². The van der Waals surface area contributed by atoms with Crippen LogP contribution in [0.25, 0.3) is 5.69 Å². The van der Waals surface area contributed by atoms with Crippen LogP contribution < -0.4 is 11.2 Å². The fraction of sp³-hybridized carbons (Fsp3) is 0.167. The van der Waals surface area contributed by atoms with Crippen LogP contribution in [0.4, 0.5) is 0 Å². The molecule has 0 aliphatic carbocycles. The van der Waals surface area contributed by atoms with Crippen LogP contribution in [-0.4, -0.2) is 14.7 Å². The first-order valence-electron chi connectivity index (χ1n) is 5.12. The van der Waals surface area contributed by atoms with Crippen LogP contribution in [-0.2, 0) is 0 Å². The zero-order valence-electron chi connectivity index (χ0n) is 9.52. The summed E-state index contributed by atoms with van der Waals surface area (Å²) in [6, 6.07) is 6.25. The fourth-order valence-corrected chi connectivity index (χ4v) is 1.72. The molecule has 0 fully saturated rings. The summed E-state index contributed by atoms with van der Waals surface area (Å²) in [5.74, 6) is -0.00662. The zero-order chi connectivity index (χ0) is 12.6. The lowest BCUT2D eigenvalue weighted by Gasteiger charge is -2.11. The Morgan fingerprint density at radius 3 is 2.53 bits per heavy atom. The second-order valence-corrected chi connectivity index (χ2v) is 3.91. The van der Waals surface area contributed by atoms with E-state index in [0.717, 1.165) is 5.56 Å². The summed E-state index contributed by atoms with van der Waals surface area (Å²) in [4.78, 5) is 25.0. The molecule has 1 aromatic carbocycles. The van der Waals surface area contributed by atoms with Crippen molar-refractivity contribution >= 4 is 0 Å². The van der Waals surface area contributed by atoms with Crippen LogP contribution >= 0.6 is 0 Å². The van der Waals surface area contributed by atoms with Gasteiger partial charge in [0.05, 0.1) is 5.69 Å². The third kappa shape index (κ3) is 1.99. The van der Waals surface area contributed by atoms with Gasteiger partial charge in [-0.25, -0.2) is 4.79 Å². The maximum Gasteiger partial charge on any atom is 0.333 e. The number of aromatic nitrogens is 2. The Morgan fingerprint density at radius 1 is 1.18 bits per heavy atom. The van der Waals surface area contributed by atoms with E-state index in [1.54, 1.807) is 19.1 Å². The number of hydrogen-bond acceptors (Lipinski definition) is 3. The lowest BCUT2D eigenvalue weighted by atomic mass is 10.2. The van der Waals surface area contributed by atoms with E-state index in [4.69, 9.17) is 0 Å². The monoisotopic (exact) mass is 232 g/mol. The van der Waals surface area contributed by atoms with Gasteiger partial charge in [-0.1, -0.05) is 6.07 Å². The standard InChI is InChI=1S/C12H12N2O3/c1-7-3-4-10(15)9(5-7)14-8(2)6-11(16)13-12(14)17/h3-6,15H,1-2H3,(H,13,16,17). The molecule has 0 unspecified atom stereocenters. The van der Waals surface area contributed by atoms with Crippen molar-refractivity contribution < 1.29 is 5.11 Å². The van der Waals surface area contributed by atoms with Crippen molar-refractivity contribution in [2.24, 2.45) is 0 Å². The summed E-state index contributed by atoms with van der Waals surface area (Å²) in [7, 11) is 0. The molecule has 2 N–H and O–H groups in total. The van der Waals surface area contributed by atoms with Gasteiger partial charge in [0.2, 0.25) is 0 Å². The molecule has 2 rings (SSSR count). The second kappa shape index (κ2) is 3.93. The van der Waals surface area contributed by atoms with Crippen LogP contribution in [0.5, 0.6) is 5.75 Å². The number of benzene rings is 1. The predicted octanol–water partition coefficient (Wildman–Crippen LogP) is 0.848. The topological polar surface area (TPSA) is 75.1 Å². The van der Waals surface area contributed by atoms with E-state index in [-0.39, 0.29) is 5.75 Å². The minimum absolute atomic E-state index is 0.00662. The molecule has 0 saturated heterocycles. The Bertz CT molecular complexity index is 683. The summed E-state index contributed by atoms with van der Waals surface area (Å²) in [6.07, 6.45) is 0. The molecule has 0 radical (unpaired) electrons. The number of phenolic OH excluding ortho intramolecular Hbond substituents is 1. The minimum Gasteiger partial charge on any atom is -0.506 e. The van der Waals surface area contributed by atoms with Crippen LogP contribution in [0.15, 0.2) is 33.9 Å². The van der Waals surface area contributed by atoms with Gasteiger partial charge in [-0.2, -0.15) is 0 Å². The van der Waals surface area contributed by atoms with Crippen molar-refractivity contribution in [3.8, 4) is 11.4 Å².